The second-order valence-corrected chi connectivity index (χ2v) is 8.31. The Morgan fingerprint density at radius 2 is 1.94 bits per heavy atom. The van der Waals surface area contributed by atoms with Gasteiger partial charge in [-0.2, -0.15) is 5.10 Å². The maximum Gasteiger partial charge on any atom is 0.291 e. The number of carbonyl (C=O) groups excluding carboxylic acids is 2. The lowest BCUT2D eigenvalue weighted by Crippen LogP contribution is -2.37. The maximum absolute atomic E-state index is 12.9. The van der Waals surface area contributed by atoms with Gasteiger partial charge in [0.25, 0.3) is 11.8 Å². The molecule has 2 aromatic heterocycles. The highest BCUT2D eigenvalue weighted by atomic mass is 35.5. The number of benzene rings is 1. The molecule has 3 heterocycles. The molecule has 1 saturated heterocycles. The van der Waals surface area contributed by atoms with Gasteiger partial charge in [0.05, 0.1) is 16.9 Å². The lowest BCUT2D eigenvalue weighted by atomic mass is 10.1. The third-order valence-electron chi connectivity index (χ3n) is 5.18. The molecule has 3 aromatic rings. The van der Waals surface area contributed by atoms with E-state index in [2.05, 4.69) is 10.4 Å². The van der Waals surface area contributed by atoms with E-state index in [0.29, 0.717) is 46.0 Å². The topological polar surface area (TPSA) is 89.6 Å². The largest absolute Gasteiger partial charge is 0.484 e. The number of anilines is 1. The van der Waals surface area contributed by atoms with Gasteiger partial charge in [0.1, 0.15) is 23.8 Å². The van der Waals surface area contributed by atoms with Crippen LogP contribution in [0, 0.1) is 0 Å². The predicted octanol–water partition coefficient (Wildman–Crippen LogP) is 4.78. The molecule has 1 fully saturated rings. The van der Waals surface area contributed by atoms with Crippen molar-refractivity contribution in [3.8, 4) is 5.75 Å². The highest BCUT2D eigenvalue weighted by Crippen LogP contribution is 2.28. The number of likely N-dealkylation sites (tertiary alicyclic amines) is 1. The van der Waals surface area contributed by atoms with Crippen molar-refractivity contribution in [2.75, 3.05) is 18.4 Å². The standard InChI is InChI=1S/C22H22Cl2N4O4/c1-27-20(22(30)28-9-3-2-4-10-28)17(12-25-27)26-21(29)19-8-6-15(32-19)13-31-18-7-5-14(23)11-16(18)24/h5-8,11-12H,2-4,9-10,13H2,1H3,(H,26,29). The van der Waals surface area contributed by atoms with Crippen LogP contribution < -0.4 is 10.1 Å². The number of amides is 2. The summed E-state index contributed by atoms with van der Waals surface area (Å²) in [6, 6.07) is 8.09. The number of hydrogen-bond donors (Lipinski definition) is 1. The summed E-state index contributed by atoms with van der Waals surface area (Å²) in [7, 11) is 1.68. The van der Waals surface area contributed by atoms with Gasteiger partial charge in [-0.3, -0.25) is 14.3 Å². The van der Waals surface area contributed by atoms with Gasteiger partial charge in [0, 0.05) is 25.2 Å². The first-order chi connectivity index (χ1) is 15.4. The number of nitrogens with zero attached hydrogens (tertiary/aromatic N) is 3. The second-order valence-electron chi connectivity index (χ2n) is 7.47. The number of furan rings is 1. The first-order valence-corrected chi connectivity index (χ1v) is 11.0. The monoisotopic (exact) mass is 476 g/mol. The molecule has 0 radical (unpaired) electrons. The Morgan fingerprint density at radius 3 is 2.69 bits per heavy atom. The van der Waals surface area contributed by atoms with E-state index >= 15 is 0 Å². The Kier molecular flexibility index (Phi) is 6.72. The number of carbonyl (C=O) groups is 2. The molecule has 0 spiro atoms. The van der Waals surface area contributed by atoms with Crippen LogP contribution in [-0.2, 0) is 13.7 Å². The molecule has 1 aliphatic rings. The van der Waals surface area contributed by atoms with Crippen LogP contribution in [0.4, 0.5) is 5.69 Å². The fourth-order valence-corrected chi connectivity index (χ4v) is 4.00. The van der Waals surface area contributed by atoms with Gasteiger partial charge in [0.2, 0.25) is 0 Å². The van der Waals surface area contributed by atoms with E-state index in [0.717, 1.165) is 19.3 Å². The van der Waals surface area contributed by atoms with E-state index in [1.807, 2.05) is 0 Å². The van der Waals surface area contributed by atoms with Crippen LogP contribution in [0.2, 0.25) is 10.0 Å². The molecule has 4 rings (SSSR count). The molecular formula is C22H22Cl2N4O4. The summed E-state index contributed by atoms with van der Waals surface area (Å²) in [6.07, 6.45) is 4.53. The highest BCUT2D eigenvalue weighted by Gasteiger charge is 2.26. The summed E-state index contributed by atoms with van der Waals surface area (Å²) < 4.78 is 12.7. The van der Waals surface area contributed by atoms with Gasteiger partial charge in [-0.25, -0.2) is 0 Å². The third kappa shape index (κ3) is 4.92. The number of aromatic nitrogens is 2. The molecule has 32 heavy (non-hydrogen) atoms. The lowest BCUT2D eigenvalue weighted by Gasteiger charge is -2.27. The Labute approximate surface area is 195 Å². The zero-order valence-corrected chi connectivity index (χ0v) is 18.9. The van der Waals surface area contributed by atoms with Gasteiger partial charge in [-0.1, -0.05) is 23.2 Å². The molecular weight excluding hydrogens is 455 g/mol. The van der Waals surface area contributed by atoms with Crippen LogP contribution in [0.5, 0.6) is 5.75 Å². The van der Waals surface area contributed by atoms with Crippen molar-refractivity contribution in [2.24, 2.45) is 7.05 Å². The normalized spacial score (nSPS) is 13.8. The van der Waals surface area contributed by atoms with Crippen molar-refractivity contribution in [2.45, 2.75) is 25.9 Å². The number of aryl methyl sites for hydroxylation is 1. The lowest BCUT2D eigenvalue weighted by molar-refractivity contribution is 0.0714. The molecule has 1 aliphatic heterocycles. The van der Waals surface area contributed by atoms with E-state index in [1.54, 1.807) is 42.3 Å². The van der Waals surface area contributed by atoms with Crippen LogP contribution in [-0.4, -0.2) is 39.6 Å². The van der Waals surface area contributed by atoms with Gasteiger partial charge >= 0.3 is 0 Å². The molecule has 0 bridgehead atoms. The average Bonchev–Trinajstić information content (AvgIpc) is 3.40. The van der Waals surface area contributed by atoms with Crippen molar-refractivity contribution < 1.29 is 18.7 Å². The minimum atomic E-state index is -0.485. The molecule has 1 aromatic carbocycles. The van der Waals surface area contributed by atoms with Gasteiger partial charge in [0.15, 0.2) is 5.76 Å². The number of hydrogen-bond acceptors (Lipinski definition) is 5. The summed E-state index contributed by atoms with van der Waals surface area (Å²) >= 11 is 12.0. The number of ether oxygens (including phenoxy) is 1. The SMILES string of the molecule is Cn1ncc(NC(=O)c2ccc(COc3ccc(Cl)cc3Cl)o2)c1C(=O)N1CCCCC1. The molecule has 1 N–H and O–H groups in total. The van der Waals surface area contributed by atoms with E-state index < -0.39 is 5.91 Å². The van der Waals surface area contributed by atoms with E-state index in [-0.39, 0.29) is 18.3 Å². The average molecular weight is 477 g/mol. The van der Waals surface area contributed by atoms with Crippen molar-refractivity contribution in [3.05, 3.63) is 63.8 Å². The second kappa shape index (κ2) is 9.67. The molecule has 168 valence electrons. The Balaban J connectivity index is 1.42. The van der Waals surface area contributed by atoms with Gasteiger partial charge in [-0.15, -0.1) is 0 Å². The number of nitrogens with one attached hydrogen (secondary N) is 1. The quantitative estimate of drug-likeness (QED) is 0.552. The summed E-state index contributed by atoms with van der Waals surface area (Å²) in [5.41, 5.74) is 0.683. The molecule has 0 atom stereocenters. The molecule has 0 saturated carbocycles. The summed E-state index contributed by atoms with van der Waals surface area (Å²) in [5.74, 6) is 0.354. The Bertz CT molecular complexity index is 1130. The van der Waals surface area contributed by atoms with Crippen LogP contribution in [0.3, 0.4) is 0 Å². The van der Waals surface area contributed by atoms with Crippen LogP contribution in [0.1, 0.15) is 46.1 Å². The molecule has 2 amide bonds. The minimum absolute atomic E-state index is 0.0836. The zero-order chi connectivity index (χ0) is 22.7. The maximum atomic E-state index is 12.9. The number of rotatable bonds is 6. The molecule has 8 nitrogen and oxygen atoms in total. The first-order valence-electron chi connectivity index (χ1n) is 10.2. The smallest absolute Gasteiger partial charge is 0.291 e. The Morgan fingerprint density at radius 1 is 1.16 bits per heavy atom. The van der Waals surface area contributed by atoms with E-state index in [9.17, 15) is 9.59 Å². The number of piperidine rings is 1. The van der Waals surface area contributed by atoms with Crippen molar-refractivity contribution in [3.63, 3.8) is 0 Å². The zero-order valence-electron chi connectivity index (χ0n) is 17.4. The van der Waals surface area contributed by atoms with Crippen molar-refractivity contribution in [1.82, 2.24) is 14.7 Å². The van der Waals surface area contributed by atoms with Crippen LogP contribution in [0.25, 0.3) is 0 Å². The Hall–Kier alpha value is -2.97. The van der Waals surface area contributed by atoms with Crippen molar-refractivity contribution >= 4 is 40.7 Å². The van der Waals surface area contributed by atoms with Gasteiger partial charge in [-0.05, 0) is 49.6 Å². The fraction of sp³-hybridized carbons (Fsp3) is 0.318. The van der Waals surface area contributed by atoms with Crippen LogP contribution in [0.15, 0.2) is 40.9 Å². The van der Waals surface area contributed by atoms with Crippen LogP contribution >= 0.6 is 23.2 Å². The van der Waals surface area contributed by atoms with Gasteiger partial charge < -0.3 is 19.4 Å². The minimum Gasteiger partial charge on any atom is -0.484 e. The van der Waals surface area contributed by atoms with Crippen molar-refractivity contribution in [1.29, 1.82) is 0 Å². The molecule has 0 unspecified atom stereocenters. The van der Waals surface area contributed by atoms with E-state index in [1.165, 1.54) is 10.9 Å². The predicted molar refractivity (Wildman–Crippen MR) is 120 cm³/mol. The van der Waals surface area contributed by atoms with E-state index in [4.69, 9.17) is 32.4 Å². The third-order valence-corrected chi connectivity index (χ3v) is 5.71. The molecule has 10 heteroatoms. The first kappa shape index (κ1) is 22.2. The summed E-state index contributed by atoms with van der Waals surface area (Å²) in [5, 5.41) is 7.76. The summed E-state index contributed by atoms with van der Waals surface area (Å²) in [6.45, 7) is 1.49. The summed E-state index contributed by atoms with van der Waals surface area (Å²) in [4.78, 5) is 27.5. The molecule has 0 aliphatic carbocycles. The fourth-order valence-electron chi connectivity index (χ4n) is 3.53. The highest BCUT2D eigenvalue weighted by molar-refractivity contribution is 6.35. The number of halogens is 2.